The number of phenolic OH excluding ortho intramolecular Hbond substituents is 1. The maximum absolute atomic E-state index is 9.31. The Morgan fingerprint density at radius 1 is 0.958 bits per heavy atom. The number of aryl methyl sites for hydroxylation is 1. The quantitative estimate of drug-likeness (QED) is 0.368. The average Bonchev–Trinajstić information content (AvgIpc) is 2.58. The molecule has 0 unspecified atom stereocenters. The molecule has 24 heavy (non-hydrogen) atoms. The van der Waals surface area contributed by atoms with Crippen LogP contribution in [0.5, 0.6) is 5.75 Å². The van der Waals surface area contributed by atoms with E-state index in [0.717, 1.165) is 5.39 Å². The Bertz CT molecular complexity index is 709. The third kappa shape index (κ3) is 6.99. The zero-order valence-corrected chi connectivity index (χ0v) is 17.0. The Labute approximate surface area is 159 Å². The summed E-state index contributed by atoms with van der Waals surface area (Å²) in [4.78, 5) is 4.03. The van der Waals surface area contributed by atoms with Crippen LogP contribution in [-0.2, 0) is 17.3 Å². The summed E-state index contributed by atoms with van der Waals surface area (Å²) in [5, 5.41) is 10.3. The van der Waals surface area contributed by atoms with Crippen LogP contribution in [0, 0.1) is 14.4 Å². The molecular formula is C20H24ClNORu. The Morgan fingerprint density at radius 2 is 1.54 bits per heavy atom. The first kappa shape index (κ1) is 22.6. The number of aromatic nitrogens is 1. The summed E-state index contributed by atoms with van der Waals surface area (Å²) in [5.41, 5.74) is 3.42. The van der Waals surface area contributed by atoms with Crippen LogP contribution in [0.25, 0.3) is 10.9 Å². The molecule has 1 heterocycles. The van der Waals surface area contributed by atoms with Crippen molar-refractivity contribution in [2.45, 2.75) is 26.7 Å². The van der Waals surface area contributed by atoms with Gasteiger partial charge >= 0.3 is 27.0 Å². The molecule has 0 aliphatic carbocycles. The molecule has 0 spiro atoms. The van der Waals surface area contributed by atoms with Gasteiger partial charge in [-0.3, -0.25) is 4.98 Å². The number of pyridine rings is 1. The van der Waals surface area contributed by atoms with E-state index in [1.165, 1.54) is 11.1 Å². The molecule has 0 saturated heterocycles. The number of aromatic hydroxyl groups is 1. The van der Waals surface area contributed by atoms with E-state index in [4.69, 9.17) is 0 Å². The summed E-state index contributed by atoms with van der Waals surface area (Å²) in [5.74, 6) is 0.892. The van der Waals surface area contributed by atoms with E-state index in [9.17, 15) is 5.11 Å². The van der Waals surface area contributed by atoms with Crippen molar-refractivity contribution in [1.82, 2.24) is 4.98 Å². The molecular weight excluding hydrogens is 407 g/mol. The molecule has 0 radical (unpaired) electrons. The van der Waals surface area contributed by atoms with Gasteiger partial charge in [0.05, 0.1) is 0 Å². The minimum atomic E-state index is 0. The second-order valence-electron chi connectivity index (χ2n) is 5.42. The van der Waals surface area contributed by atoms with Crippen LogP contribution in [-0.4, -0.2) is 10.1 Å². The zero-order valence-electron chi connectivity index (χ0n) is 14.5. The molecule has 2 nitrogen and oxygen atoms in total. The number of nitrogens with zero attached hydrogens (tertiary/aromatic N) is 1. The van der Waals surface area contributed by atoms with Crippen LogP contribution in [0.1, 0.15) is 30.9 Å². The van der Waals surface area contributed by atoms with E-state index in [0.29, 0.717) is 11.4 Å². The minimum absolute atomic E-state index is 0. The predicted octanol–water partition coefficient (Wildman–Crippen LogP) is 6.20. The van der Waals surface area contributed by atoms with E-state index >= 15 is 0 Å². The van der Waals surface area contributed by atoms with Gasteiger partial charge in [-0.05, 0) is 30.5 Å². The third-order valence-electron chi connectivity index (χ3n) is 3.36. The third-order valence-corrected chi connectivity index (χ3v) is 3.36. The van der Waals surface area contributed by atoms with Gasteiger partial charge in [0.25, 0.3) is 0 Å². The fourth-order valence-corrected chi connectivity index (χ4v) is 2.04. The summed E-state index contributed by atoms with van der Waals surface area (Å²) in [6.07, 6.45) is 1.67. The first-order chi connectivity index (χ1) is 11.1. The van der Waals surface area contributed by atoms with Crippen molar-refractivity contribution in [2.24, 2.45) is 0 Å². The van der Waals surface area contributed by atoms with Crippen molar-refractivity contribution in [3.05, 3.63) is 79.3 Å². The van der Waals surface area contributed by atoms with E-state index < -0.39 is 0 Å². The van der Waals surface area contributed by atoms with Crippen molar-refractivity contribution in [3.8, 4) is 5.75 Å². The Balaban J connectivity index is 0.000000387. The molecule has 0 bridgehead atoms. The Morgan fingerprint density at radius 3 is 2.08 bits per heavy atom. The van der Waals surface area contributed by atoms with E-state index in [1.54, 1.807) is 18.3 Å². The van der Waals surface area contributed by atoms with Crippen LogP contribution in [0.15, 0.2) is 60.8 Å². The van der Waals surface area contributed by atoms with E-state index in [2.05, 4.69) is 59.7 Å². The predicted molar refractivity (Wildman–Crippen MR) is 101 cm³/mol. The molecule has 0 fully saturated rings. The van der Waals surface area contributed by atoms with Crippen LogP contribution in [0.3, 0.4) is 0 Å². The molecule has 1 aromatic heterocycles. The summed E-state index contributed by atoms with van der Waals surface area (Å²) in [6.45, 7) is 6.54. The van der Waals surface area contributed by atoms with Crippen molar-refractivity contribution in [3.63, 3.8) is 0 Å². The van der Waals surface area contributed by atoms with Crippen LogP contribution in [0.2, 0.25) is 0 Å². The molecule has 0 saturated carbocycles. The molecule has 0 atom stereocenters. The van der Waals surface area contributed by atoms with Crippen molar-refractivity contribution >= 4 is 20.6 Å². The van der Waals surface area contributed by atoms with Crippen molar-refractivity contribution < 1.29 is 22.4 Å². The second kappa shape index (κ2) is 12.0. The molecule has 0 aliphatic rings. The number of para-hydroxylation sites is 1. The van der Waals surface area contributed by atoms with Gasteiger partial charge in [-0.1, -0.05) is 61.9 Å². The molecule has 0 amide bonds. The summed E-state index contributed by atoms with van der Waals surface area (Å²) < 4.78 is 0. The van der Waals surface area contributed by atoms with E-state index in [-0.39, 0.29) is 13.2 Å². The van der Waals surface area contributed by atoms with Crippen LogP contribution >= 0.6 is 9.69 Å². The number of rotatable bonds is 1. The summed E-state index contributed by atoms with van der Waals surface area (Å²) in [6, 6.07) is 17.8. The Hall–Kier alpha value is -1.44. The number of hydrogen-bond acceptors (Lipinski definition) is 2. The standard InChI is InChI=1S/C10H14.C9H7NO.CH3.ClH.Ru/c1-8(2)10-6-4-9(3)5-7-10;11-8-5-1-3-7-4-2-6-10-9(7)8;;;/h4-8H,1-3H3;1-6,11H;1H3;1H;/q;;-1;;+2/p-1. The first-order valence-electron chi connectivity index (χ1n) is 7.30. The Kier molecular flexibility index (Phi) is 11.3. The van der Waals surface area contributed by atoms with Gasteiger partial charge in [-0.15, -0.1) is 0 Å². The van der Waals surface area contributed by atoms with E-state index in [1.807, 2.05) is 35.5 Å². The number of fused-ring (bicyclic) bond motifs is 1. The fourth-order valence-electron chi connectivity index (χ4n) is 2.04. The summed E-state index contributed by atoms with van der Waals surface area (Å²) >= 11 is 1.82. The number of benzene rings is 2. The topological polar surface area (TPSA) is 33.1 Å². The molecule has 3 aromatic rings. The van der Waals surface area contributed by atoms with Crippen LogP contribution < -0.4 is 0 Å². The zero-order chi connectivity index (χ0) is 17.2. The number of phenols is 1. The van der Waals surface area contributed by atoms with Gasteiger partial charge < -0.3 is 12.5 Å². The summed E-state index contributed by atoms with van der Waals surface area (Å²) in [7, 11) is 4.57. The number of halogens is 1. The van der Waals surface area contributed by atoms with Gasteiger partial charge in [-0.2, -0.15) is 0 Å². The van der Waals surface area contributed by atoms with Gasteiger partial charge in [0, 0.05) is 11.6 Å². The van der Waals surface area contributed by atoms with Gasteiger partial charge in [0.15, 0.2) is 0 Å². The van der Waals surface area contributed by atoms with Gasteiger partial charge in [-0.25, -0.2) is 0 Å². The molecule has 4 heteroatoms. The normalized spacial score (nSPS) is 9.25. The molecule has 3 rings (SSSR count). The second-order valence-corrected chi connectivity index (χ2v) is 5.42. The SMILES string of the molecule is Cc1ccc(C(C)C)cc1.Oc1cccc2cccnc12.[CH3-].[Cl][Ru+]. The first-order valence-corrected chi connectivity index (χ1v) is 9.54. The van der Waals surface area contributed by atoms with Crippen LogP contribution in [0.4, 0.5) is 0 Å². The monoisotopic (exact) mass is 431 g/mol. The van der Waals surface area contributed by atoms with Gasteiger partial charge in [0.1, 0.15) is 11.3 Å². The van der Waals surface area contributed by atoms with Crippen molar-refractivity contribution in [2.75, 3.05) is 0 Å². The number of hydrogen-bond donors (Lipinski definition) is 1. The molecule has 2 aromatic carbocycles. The van der Waals surface area contributed by atoms with Crippen molar-refractivity contribution in [1.29, 1.82) is 0 Å². The average molecular weight is 431 g/mol. The van der Waals surface area contributed by atoms with Gasteiger partial charge in [0.2, 0.25) is 0 Å². The molecule has 1 N–H and O–H groups in total. The molecule has 0 aliphatic heterocycles. The maximum atomic E-state index is 9.31. The molecule has 130 valence electrons. The fraction of sp³-hybridized carbons (Fsp3) is 0.200.